The van der Waals surface area contributed by atoms with Crippen molar-refractivity contribution in [3.05, 3.63) is 47.0 Å². The quantitative estimate of drug-likeness (QED) is 0.0986. The van der Waals surface area contributed by atoms with Crippen LogP contribution in [0.25, 0.3) is 0 Å². The van der Waals surface area contributed by atoms with E-state index in [0.717, 1.165) is 25.7 Å². The minimum atomic E-state index is -1.50. The van der Waals surface area contributed by atoms with Gasteiger partial charge in [0.2, 0.25) is 5.82 Å². The van der Waals surface area contributed by atoms with Crippen LogP contribution in [0, 0.1) is 20.2 Å². The molecule has 2 rings (SSSR count). The van der Waals surface area contributed by atoms with Gasteiger partial charge in [0.05, 0.1) is 18.1 Å². The summed E-state index contributed by atoms with van der Waals surface area (Å²) in [5.41, 5.74) is 8.66. The summed E-state index contributed by atoms with van der Waals surface area (Å²) in [5.74, 6) is -0.268. The molecule has 19 heteroatoms. The van der Waals surface area contributed by atoms with E-state index in [9.17, 15) is 19.7 Å². The molecule has 0 spiro atoms. The zero-order valence-electron chi connectivity index (χ0n) is 19.6. The van der Waals surface area contributed by atoms with Gasteiger partial charge in [0.15, 0.2) is 0 Å². The van der Waals surface area contributed by atoms with Gasteiger partial charge in [0, 0.05) is 6.07 Å². The number of unbranched alkanes of at least 4 members (excludes halogenated alkanes) is 2. The van der Waals surface area contributed by atoms with E-state index in [1.165, 1.54) is 6.07 Å². The maximum Gasteiger partial charge on any atom is 1.00 e. The van der Waals surface area contributed by atoms with E-state index in [1.54, 1.807) is 0 Å². The van der Waals surface area contributed by atoms with E-state index in [-0.39, 0.29) is 90.6 Å². The Balaban J connectivity index is -0.000000233. The third-order valence-corrected chi connectivity index (χ3v) is 3.30. The molecule has 4 radical (unpaired) electrons. The number of rotatable bonds is 9. The minimum Gasteiger partial charge on any atom is -1.00 e. The van der Waals surface area contributed by atoms with Gasteiger partial charge in [-0.1, -0.05) is 34.1 Å². The van der Waals surface area contributed by atoms with Gasteiger partial charge in [-0.15, -0.1) is 10.1 Å². The molecular formula is C17H30BKN8O9. The maximum atomic E-state index is 11.2. The van der Waals surface area contributed by atoms with Crippen LogP contribution >= 0.6 is 0 Å². The molecular weight excluding hydrogens is 510 g/mol. The second-order valence-electron chi connectivity index (χ2n) is 5.98. The third kappa shape index (κ3) is 18.6. The van der Waals surface area contributed by atoms with Gasteiger partial charge in [-0.2, -0.15) is 9.97 Å². The fraction of sp³-hybridized carbons (Fsp3) is 0.529. The predicted molar refractivity (Wildman–Crippen MR) is 127 cm³/mol. The molecule has 36 heavy (non-hydrogen) atoms. The molecule has 0 aromatic carbocycles. The van der Waals surface area contributed by atoms with E-state index in [4.69, 9.17) is 36.3 Å². The Bertz CT molecular complexity index is 1020. The Morgan fingerprint density at radius 3 is 1.81 bits per heavy atom. The van der Waals surface area contributed by atoms with Crippen LogP contribution in [0.3, 0.4) is 0 Å². The summed E-state index contributed by atoms with van der Waals surface area (Å²) in [6, 6.07) is 1.31. The number of hydrogen-bond donors (Lipinski definition) is 5. The zero-order chi connectivity index (χ0) is 25.4. The van der Waals surface area contributed by atoms with Crippen LogP contribution < -0.4 is 83.4 Å². The van der Waals surface area contributed by atoms with Gasteiger partial charge in [-0.25, -0.2) is 0 Å². The molecule has 0 fully saturated rings. The van der Waals surface area contributed by atoms with Crippen molar-refractivity contribution in [2.75, 3.05) is 24.7 Å². The molecule has 0 unspecified atom stereocenters. The van der Waals surface area contributed by atoms with E-state index >= 15 is 0 Å². The van der Waals surface area contributed by atoms with E-state index in [0.29, 0.717) is 13.2 Å². The van der Waals surface area contributed by atoms with Gasteiger partial charge in [-0.05, 0) is 12.8 Å². The van der Waals surface area contributed by atoms with Crippen LogP contribution in [0.4, 0.5) is 17.3 Å². The van der Waals surface area contributed by atoms with Crippen molar-refractivity contribution >= 4 is 25.7 Å². The Morgan fingerprint density at radius 1 is 1.00 bits per heavy atom. The molecule has 17 nitrogen and oxygen atoms in total. The van der Waals surface area contributed by atoms with Crippen LogP contribution in [0.2, 0.25) is 0 Å². The Hall–Kier alpha value is -2.74. The molecule has 0 aliphatic rings. The Morgan fingerprint density at radius 2 is 1.44 bits per heavy atom. The second-order valence-corrected chi connectivity index (χ2v) is 5.98. The van der Waals surface area contributed by atoms with Gasteiger partial charge in [0.1, 0.15) is 5.82 Å². The Kier molecular flexibility index (Phi) is 25.5. The molecule has 2 aromatic rings. The number of H-pyrrole nitrogens is 2. The summed E-state index contributed by atoms with van der Waals surface area (Å²) in [6.45, 7) is 4.95. The summed E-state index contributed by atoms with van der Waals surface area (Å²) >= 11 is 0. The van der Waals surface area contributed by atoms with Gasteiger partial charge < -0.3 is 34.6 Å². The van der Waals surface area contributed by atoms with Crippen molar-refractivity contribution in [1.29, 1.82) is 0 Å². The van der Waals surface area contributed by atoms with Crippen molar-refractivity contribution in [2.45, 2.75) is 47.0 Å². The van der Waals surface area contributed by atoms with E-state index in [2.05, 4.69) is 26.9 Å². The van der Waals surface area contributed by atoms with Crippen LogP contribution in [0.5, 0.6) is 12.0 Å². The van der Waals surface area contributed by atoms with Crippen molar-refractivity contribution in [2.24, 2.45) is 0 Å². The van der Waals surface area contributed by atoms with Crippen LogP contribution in [-0.4, -0.2) is 56.8 Å². The Labute approximate surface area is 250 Å². The molecule has 0 amide bonds. The zero-order valence-corrected chi connectivity index (χ0v) is 22.7. The van der Waals surface area contributed by atoms with Crippen LogP contribution in [-0.2, 0) is 0 Å². The first kappa shape index (κ1) is 40.4. The number of nitro groups is 1. The molecule has 2 heterocycles. The van der Waals surface area contributed by atoms with E-state index < -0.39 is 27.1 Å². The summed E-state index contributed by atoms with van der Waals surface area (Å²) in [6.07, 6.45) is 3.68. The summed E-state index contributed by atoms with van der Waals surface area (Å²) < 4.78 is 10.2. The molecule has 0 atom stereocenters. The number of nitrogens with zero attached hydrogens (tertiary/aromatic N) is 4. The summed E-state index contributed by atoms with van der Waals surface area (Å²) in [4.78, 5) is 52.0. The van der Waals surface area contributed by atoms with Crippen molar-refractivity contribution in [3.8, 4) is 12.0 Å². The number of aromatic nitrogens is 4. The number of nitrogen functional groups attached to an aromatic ring is 2. The smallest absolute Gasteiger partial charge is 1.00 e. The number of nitrogens with one attached hydrogen (secondary N) is 2. The minimum absolute atomic E-state index is 0. The van der Waals surface area contributed by atoms with Crippen LogP contribution in [0.15, 0.2) is 15.7 Å². The van der Waals surface area contributed by atoms with Gasteiger partial charge in [0.25, 0.3) is 22.7 Å². The predicted octanol–water partition coefficient (Wildman–Crippen LogP) is -2.12. The number of anilines is 2. The van der Waals surface area contributed by atoms with Gasteiger partial charge in [-0.3, -0.25) is 29.7 Å². The number of hydrogen-bond acceptors (Lipinski definition) is 12. The molecule has 0 saturated carbocycles. The molecule has 0 aliphatic heterocycles. The molecule has 0 bridgehead atoms. The number of nitrogens with two attached hydrogens (primary N) is 2. The first-order valence-electron chi connectivity index (χ1n) is 9.51. The maximum absolute atomic E-state index is 11.2. The number of ether oxygens (including phenoxy) is 2. The summed E-state index contributed by atoms with van der Waals surface area (Å²) in [7, 11) is 0. The molecule has 0 saturated heterocycles. The van der Waals surface area contributed by atoms with Gasteiger partial charge >= 0.3 is 62.6 Å². The van der Waals surface area contributed by atoms with Crippen LogP contribution in [0.1, 0.15) is 47.0 Å². The second kappa shape index (κ2) is 22.7. The molecule has 7 N–H and O–H groups in total. The standard InChI is InChI=1S/C8H12N4O4.C8H13N3O2.CH4.B.K.HNO3/c1-2-3-4-16-8-10-6(9)5(12(14)15)7(13)11-8;1-2-3-4-13-8-10-6(9)5-7(12)11-8;;;;2-1(3)4/h2-4H2,1H3,(H3,9,10,11,13);5H,2-4H2,1H3,(H3,9,10,11,12);1H4;;;(H,2,3,4)/q;;;-1;+1;. The topological polar surface area (TPSA) is 269 Å². The fourth-order valence-corrected chi connectivity index (χ4v) is 1.86. The fourth-order valence-electron chi connectivity index (χ4n) is 1.86. The monoisotopic (exact) mass is 540 g/mol. The van der Waals surface area contributed by atoms with Crippen molar-refractivity contribution in [3.63, 3.8) is 0 Å². The van der Waals surface area contributed by atoms with Crippen molar-refractivity contribution in [1.82, 2.24) is 19.9 Å². The third-order valence-electron chi connectivity index (χ3n) is 3.30. The van der Waals surface area contributed by atoms with E-state index in [1.807, 2.05) is 6.92 Å². The SMILES string of the molecule is C.CCCCOc1nc(N)c([N+](=O)[O-])c(=O)[nH]1.CCCCOc1nc(N)cc(=O)[nH]1.O=[N+]([O-])O.[B-].[K+]. The largest absolute Gasteiger partial charge is 1.00 e. The molecule has 0 aliphatic carbocycles. The summed E-state index contributed by atoms with van der Waals surface area (Å²) in [5, 5.41) is 24.1. The number of aromatic amines is 2. The normalized spacial score (nSPS) is 8.72. The average molecular weight is 540 g/mol. The molecule has 196 valence electrons. The average Bonchev–Trinajstić information content (AvgIpc) is 2.67. The van der Waals surface area contributed by atoms with Crippen molar-refractivity contribution < 1.29 is 76.1 Å². The molecule has 2 aromatic heterocycles. The first-order chi connectivity index (χ1) is 15.5. The first-order valence-corrected chi connectivity index (χ1v) is 9.51.